The van der Waals surface area contributed by atoms with Gasteiger partial charge in [0.1, 0.15) is 0 Å². The summed E-state index contributed by atoms with van der Waals surface area (Å²) in [5, 5.41) is 11.0. The van der Waals surface area contributed by atoms with E-state index in [1.807, 2.05) is 26.0 Å². The van der Waals surface area contributed by atoms with Crippen molar-refractivity contribution in [3.63, 3.8) is 0 Å². The maximum atomic E-state index is 12.6. The van der Waals surface area contributed by atoms with Crippen molar-refractivity contribution >= 4 is 9.84 Å². The zero-order valence-electron chi connectivity index (χ0n) is 15.2. The molecule has 1 N–H and O–H groups in total. The number of benzene rings is 1. The Morgan fingerprint density at radius 1 is 1.25 bits per heavy atom. The van der Waals surface area contributed by atoms with Crippen molar-refractivity contribution in [3.8, 4) is 0 Å². The second kappa shape index (κ2) is 7.98. The predicted octanol–water partition coefficient (Wildman–Crippen LogP) is 3.03. The second-order valence-corrected chi connectivity index (χ2v) is 9.59. The molecule has 2 unspecified atom stereocenters. The molecule has 1 aliphatic rings. The first kappa shape index (κ1) is 19.4. The molecule has 0 radical (unpaired) electrons. The van der Waals surface area contributed by atoms with E-state index in [0.29, 0.717) is 30.2 Å². The standard InChI is InChI=1S/C19H31NO3S/c1-4-10-19(21,15-20-12-9-17(3)14-20)11-13-24(22,23)18-7-5-16(2)6-8-18/h5-8,17,21H,4,9-15H2,1-3H3. The van der Waals surface area contributed by atoms with E-state index in [0.717, 1.165) is 31.5 Å². The largest absolute Gasteiger partial charge is 0.389 e. The summed E-state index contributed by atoms with van der Waals surface area (Å²) in [6.45, 7) is 8.77. The number of hydrogen-bond acceptors (Lipinski definition) is 4. The van der Waals surface area contributed by atoms with Gasteiger partial charge in [-0.3, -0.25) is 0 Å². The number of aliphatic hydroxyl groups is 1. The first-order valence-corrected chi connectivity index (χ1v) is 10.6. The van der Waals surface area contributed by atoms with Crippen molar-refractivity contribution in [2.24, 2.45) is 5.92 Å². The number of β-amino-alcohol motifs (C(OH)–C–C–N with tert-alkyl or cyclic N) is 1. The number of likely N-dealkylation sites (tertiary alicyclic amines) is 1. The molecule has 2 rings (SSSR count). The predicted molar refractivity (Wildman–Crippen MR) is 97.9 cm³/mol. The zero-order chi connectivity index (χ0) is 17.8. The zero-order valence-corrected chi connectivity index (χ0v) is 16.0. The van der Waals surface area contributed by atoms with Gasteiger partial charge in [0.15, 0.2) is 9.84 Å². The van der Waals surface area contributed by atoms with Crippen LogP contribution >= 0.6 is 0 Å². The van der Waals surface area contributed by atoms with E-state index in [1.54, 1.807) is 12.1 Å². The van der Waals surface area contributed by atoms with Gasteiger partial charge in [-0.2, -0.15) is 0 Å². The van der Waals surface area contributed by atoms with Gasteiger partial charge in [0.25, 0.3) is 0 Å². The molecule has 136 valence electrons. The lowest BCUT2D eigenvalue weighted by molar-refractivity contribution is -0.00224. The molecule has 1 heterocycles. The van der Waals surface area contributed by atoms with Gasteiger partial charge in [0, 0.05) is 13.1 Å². The molecule has 5 heteroatoms. The summed E-state index contributed by atoms with van der Waals surface area (Å²) in [6.07, 6.45) is 2.94. The fourth-order valence-corrected chi connectivity index (χ4v) is 4.96. The number of hydrogen-bond donors (Lipinski definition) is 1. The molecule has 0 spiro atoms. The summed E-state index contributed by atoms with van der Waals surface area (Å²) in [7, 11) is -3.35. The Labute approximate surface area is 146 Å². The molecule has 1 saturated heterocycles. The summed E-state index contributed by atoms with van der Waals surface area (Å²) < 4.78 is 25.1. The second-order valence-electron chi connectivity index (χ2n) is 7.49. The molecule has 0 aromatic heterocycles. The van der Waals surface area contributed by atoms with E-state index in [4.69, 9.17) is 0 Å². The van der Waals surface area contributed by atoms with Crippen molar-refractivity contribution in [2.75, 3.05) is 25.4 Å². The summed E-state index contributed by atoms with van der Waals surface area (Å²) in [6, 6.07) is 6.95. The highest BCUT2D eigenvalue weighted by atomic mass is 32.2. The van der Waals surface area contributed by atoms with Gasteiger partial charge in [-0.25, -0.2) is 8.42 Å². The Bertz CT molecular complexity index is 627. The average Bonchev–Trinajstić information content (AvgIpc) is 2.91. The molecule has 0 amide bonds. The first-order chi connectivity index (χ1) is 11.2. The van der Waals surface area contributed by atoms with Gasteiger partial charge in [0.2, 0.25) is 0 Å². The van der Waals surface area contributed by atoms with E-state index in [9.17, 15) is 13.5 Å². The SMILES string of the molecule is CCCC(O)(CCS(=O)(=O)c1ccc(C)cc1)CN1CCC(C)C1. The summed E-state index contributed by atoms with van der Waals surface area (Å²) in [4.78, 5) is 2.63. The van der Waals surface area contributed by atoms with E-state index in [-0.39, 0.29) is 5.75 Å². The lowest BCUT2D eigenvalue weighted by Crippen LogP contribution is -2.43. The minimum Gasteiger partial charge on any atom is -0.389 e. The van der Waals surface area contributed by atoms with Crippen LogP contribution in [0.2, 0.25) is 0 Å². The molecule has 0 saturated carbocycles. The van der Waals surface area contributed by atoms with E-state index < -0.39 is 15.4 Å². The quantitative estimate of drug-likeness (QED) is 0.780. The van der Waals surface area contributed by atoms with Gasteiger partial charge >= 0.3 is 0 Å². The van der Waals surface area contributed by atoms with Crippen LogP contribution < -0.4 is 0 Å². The van der Waals surface area contributed by atoms with E-state index in [1.165, 1.54) is 0 Å². The summed E-state index contributed by atoms with van der Waals surface area (Å²) >= 11 is 0. The monoisotopic (exact) mass is 353 g/mol. The highest BCUT2D eigenvalue weighted by Gasteiger charge is 2.33. The summed E-state index contributed by atoms with van der Waals surface area (Å²) in [5.74, 6) is 0.655. The van der Waals surface area contributed by atoms with Crippen LogP contribution in [0.5, 0.6) is 0 Å². The van der Waals surface area contributed by atoms with Crippen molar-refractivity contribution in [1.29, 1.82) is 0 Å². The average molecular weight is 354 g/mol. The lowest BCUT2D eigenvalue weighted by Gasteiger charge is -2.32. The molecular formula is C19H31NO3S. The van der Waals surface area contributed by atoms with Crippen LogP contribution in [0.3, 0.4) is 0 Å². The highest BCUT2D eigenvalue weighted by Crippen LogP contribution is 2.25. The Balaban J connectivity index is 2.02. The van der Waals surface area contributed by atoms with Gasteiger partial charge in [-0.1, -0.05) is 38.0 Å². The van der Waals surface area contributed by atoms with Gasteiger partial charge in [0.05, 0.1) is 16.2 Å². The number of nitrogens with zero attached hydrogens (tertiary/aromatic N) is 1. The van der Waals surface area contributed by atoms with Crippen LogP contribution in [-0.2, 0) is 9.84 Å². The number of rotatable bonds is 8. The Kier molecular flexibility index (Phi) is 6.46. The fourth-order valence-electron chi connectivity index (χ4n) is 3.52. The van der Waals surface area contributed by atoms with Crippen molar-refractivity contribution < 1.29 is 13.5 Å². The molecule has 24 heavy (non-hydrogen) atoms. The topological polar surface area (TPSA) is 57.6 Å². The third kappa shape index (κ3) is 5.30. The van der Waals surface area contributed by atoms with E-state index >= 15 is 0 Å². The first-order valence-electron chi connectivity index (χ1n) is 8.98. The molecule has 1 aliphatic heterocycles. The van der Waals surface area contributed by atoms with Gasteiger partial charge in [-0.05, 0) is 50.8 Å². The number of aryl methyl sites for hydroxylation is 1. The van der Waals surface area contributed by atoms with Crippen LogP contribution in [0.1, 0.15) is 45.1 Å². The van der Waals surface area contributed by atoms with Crippen LogP contribution in [0.15, 0.2) is 29.2 Å². The number of sulfone groups is 1. The fraction of sp³-hybridized carbons (Fsp3) is 0.684. The van der Waals surface area contributed by atoms with Crippen molar-refractivity contribution in [2.45, 2.75) is 57.0 Å². The summed E-state index contributed by atoms with van der Waals surface area (Å²) in [5.41, 5.74) is 0.121. The molecule has 1 aromatic rings. The molecular weight excluding hydrogens is 322 g/mol. The van der Waals surface area contributed by atoms with Crippen LogP contribution in [-0.4, -0.2) is 49.4 Å². The lowest BCUT2D eigenvalue weighted by atomic mass is 9.94. The molecule has 1 fully saturated rings. The smallest absolute Gasteiger partial charge is 0.178 e. The minimum absolute atomic E-state index is 0.00401. The molecule has 0 bridgehead atoms. The normalized spacial score (nSPS) is 21.8. The molecule has 0 aliphatic carbocycles. The van der Waals surface area contributed by atoms with Crippen molar-refractivity contribution in [3.05, 3.63) is 29.8 Å². The van der Waals surface area contributed by atoms with E-state index in [2.05, 4.69) is 11.8 Å². The molecule has 2 atom stereocenters. The molecule has 4 nitrogen and oxygen atoms in total. The Hall–Kier alpha value is -0.910. The van der Waals surface area contributed by atoms with Crippen LogP contribution in [0, 0.1) is 12.8 Å². The Morgan fingerprint density at radius 2 is 1.92 bits per heavy atom. The Morgan fingerprint density at radius 3 is 2.46 bits per heavy atom. The van der Waals surface area contributed by atoms with Gasteiger partial charge in [-0.15, -0.1) is 0 Å². The maximum absolute atomic E-state index is 12.6. The van der Waals surface area contributed by atoms with Crippen molar-refractivity contribution in [1.82, 2.24) is 4.90 Å². The third-order valence-corrected chi connectivity index (χ3v) is 6.69. The maximum Gasteiger partial charge on any atom is 0.178 e. The third-order valence-electron chi connectivity index (χ3n) is 4.96. The highest BCUT2D eigenvalue weighted by molar-refractivity contribution is 7.91. The minimum atomic E-state index is -3.35. The van der Waals surface area contributed by atoms with Gasteiger partial charge < -0.3 is 10.0 Å². The van der Waals surface area contributed by atoms with Crippen LogP contribution in [0.4, 0.5) is 0 Å². The molecule has 1 aromatic carbocycles. The van der Waals surface area contributed by atoms with Crippen LogP contribution in [0.25, 0.3) is 0 Å².